The van der Waals surface area contributed by atoms with Crippen molar-refractivity contribution < 1.29 is 9.59 Å². The first-order valence-electron chi connectivity index (χ1n) is 5.23. The van der Waals surface area contributed by atoms with Gasteiger partial charge in [0.05, 0.1) is 6.54 Å². The van der Waals surface area contributed by atoms with E-state index in [0.29, 0.717) is 0 Å². The second-order valence-corrected chi connectivity index (χ2v) is 4.26. The Morgan fingerprint density at radius 3 is 2.59 bits per heavy atom. The fourth-order valence-corrected chi connectivity index (χ4v) is 1.77. The lowest BCUT2D eigenvalue weighted by Crippen LogP contribution is -2.60. The van der Waals surface area contributed by atoms with Crippen LogP contribution < -0.4 is 5.32 Å². The molecule has 0 saturated carbocycles. The van der Waals surface area contributed by atoms with Crippen molar-refractivity contribution in [3.8, 4) is 0 Å². The van der Waals surface area contributed by atoms with Gasteiger partial charge in [-0.3, -0.25) is 0 Å². The molecule has 1 fully saturated rings. The number of carbonyl (C=O) groups is 2. The van der Waals surface area contributed by atoms with Crippen LogP contribution in [0.4, 0.5) is 9.59 Å². The molecule has 0 aliphatic carbocycles. The van der Waals surface area contributed by atoms with Crippen molar-refractivity contribution in [3.63, 3.8) is 0 Å². The molecule has 1 saturated heterocycles. The number of rotatable bonds is 2. The molecular weight excluding hydrogens is 238 g/mol. The number of hydrogen-bond donors (Lipinski definition) is 2. The Kier molecular flexibility index (Phi) is 3.23. The first kappa shape index (κ1) is 11.8. The molecule has 1 aliphatic rings. The van der Waals surface area contributed by atoms with Gasteiger partial charge in [0.15, 0.2) is 0 Å². The lowest BCUT2D eigenvalue weighted by atomic mass is 10.2. The van der Waals surface area contributed by atoms with E-state index in [2.05, 4.69) is 18.1 Å². The van der Waals surface area contributed by atoms with Crippen LogP contribution in [0.2, 0.25) is 0 Å². The molecular formula is C11H13N3O2S. The van der Waals surface area contributed by atoms with E-state index in [9.17, 15) is 9.59 Å². The second kappa shape index (κ2) is 4.67. The minimum Gasteiger partial charge on any atom is -0.316 e. The highest BCUT2D eigenvalue weighted by Crippen LogP contribution is 2.15. The highest BCUT2D eigenvalue weighted by Gasteiger charge is 2.34. The van der Waals surface area contributed by atoms with Gasteiger partial charge in [-0.15, -0.1) is 0 Å². The predicted molar refractivity (Wildman–Crippen MR) is 66.2 cm³/mol. The van der Waals surface area contributed by atoms with E-state index in [1.54, 1.807) is 6.92 Å². The summed E-state index contributed by atoms with van der Waals surface area (Å²) in [6.07, 6.45) is -0.398. The topological polar surface area (TPSA) is 52.7 Å². The SMILES string of the molecule is CC1NC(=O)N(Cc2ccccc2)C(=O)N1S. The van der Waals surface area contributed by atoms with Crippen molar-refractivity contribution in [3.05, 3.63) is 35.9 Å². The number of hydrogen-bond acceptors (Lipinski definition) is 3. The maximum atomic E-state index is 11.9. The summed E-state index contributed by atoms with van der Waals surface area (Å²) in [6.45, 7) is 1.94. The van der Waals surface area contributed by atoms with Crippen molar-refractivity contribution in [1.82, 2.24) is 14.5 Å². The third-order valence-corrected chi connectivity index (χ3v) is 3.07. The summed E-state index contributed by atoms with van der Waals surface area (Å²) in [6, 6.07) is 8.54. The smallest absolute Gasteiger partial charge is 0.316 e. The Labute approximate surface area is 105 Å². The molecule has 1 aromatic carbocycles. The number of urea groups is 2. The summed E-state index contributed by atoms with van der Waals surface area (Å²) >= 11 is 4.04. The van der Waals surface area contributed by atoms with Crippen LogP contribution in [0.3, 0.4) is 0 Å². The second-order valence-electron chi connectivity index (χ2n) is 3.82. The highest BCUT2D eigenvalue weighted by molar-refractivity contribution is 7.78. The summed E-state index contributed by atoms with van der Waals surface area (Å²) < 4.78 is 1.20. The van der Waals surface area contributed by atoms with E-state index in [1.807, 2.05) is 30.3 Å². The van der Waals surface area contributed by atoms with E-state index in [4.69, 9.17) is 0 Å². The Morgan fingerprint density at radius 1 is 1.29 bits per heavy atom. The summed E-state index contributed by atoms with van der Waals surface area (Å²) in [5.74, 6) is 0. The highest BCUT2D eigenvalue weighted by atomic mass is 32.1. The molecule has 0 radical (unpaired) electrons. The minimum absolute atomic E-state index is 0.245. The van der Waals surface area contributed by atoms with Gasteiger partial charge in [-0.1, -0.05) is 43.1 Å². The molecule has 0 aromatic heterocycles. The van der Waals surface area contributed by atoms with Crippen LogP contribution in [-0.4, -0.2) is 27.4 Å². The molecule has 0 bridgehead atoms. The number of nitrogens with one attached hydrogen (secondary N) is 1. The summed E-state index contributed by atoms with van der Waals surface area (Å²) in [5.41, 5.74) is 0.896. The normalized spacial score (nSPS) is 20.5. The van der Waals surface area contributed by atoms with Gasteiger partial charge in [0.1, 0.15) is 6.17 Å². The van der Waals surface area contributed by atoms with Gasteiger partial charge in [0.2, 0.25) is 0 Å². The van der Waals surface area contributed by atoms with E-state index in [1.165, 1.54) is 4.31 Å². The third kappa shape index (κ3) is 2.36. The van der Waals surface area contributed by atoms with Crippen molar-refractivity contribution in [1.29, 1.82) is 0 Å². The largest absolute Gasteiger partial charge is 0.340 e. The van der Waals surface area contributed by atoms with Crippen LogP contribution in [0.25, 0.3) is 0 Å². The molecule has 5 nitrogen and oxygen atoms in total. The van der Waals surface area contributed by atoms with E-state index in [-0.39, 0.29) is 6.54 Å². The van der Waals surface area contributed by atoms with E-state index >= 15 is 0 Å². The molecule has 1 N–H and O–H groups in total. The first-order chi connectivity index (χ1) is 8.09. The summed E-state index contributed by atoms with van der Waals surface area (Å²) in [5, 5.41) is 2.65. The molecule has 17 heavy (non-hydrogen) atoms. The average Bonchev–Trinajstić information content (AvgIpc) is 2.33. The van der Waals surface area contributed by atoms with Gasteiger partial charge in [0.25, 0.3) is 0 Å². The zero-order chi connectivity index (χ0) is 12.4. The number of amides is 4. The van der Waals surface area contributed by atoms with Gasteiger partial charge in [-0.05, 0) is 12.5 Å². The molecule has 6 heteroatoms. The molecule has 1 aliphatic heterocycles. The Balaban J connectivity index is 2.15. The van der Waals surface area contributed by atoms with Gasteiger partial charge in [-0.25, -0.2) is 18.8 Å². The average molecular weight is 251 g/mol. The monoisotopic (exact) mass is 251 g/mol. The Bertz CT molecular complexity index is 438. The van der Waals surface area contributed by atoms with Gasteiger partial charge >= 0.3 is 12.1 Å². The van der Waals surface area contributed by atoms with Gasteiger partial charge in [0, 0.05) is 0 Å². The van der Waals surface area contributed by atoms with Crippen LogP contribution in [0.5, 0.6) is 0 Å². The van der Waals surface area contributed by atoms with Crippen LogP contribution >= 0.6 is 12.8 Å². The van der Waals surface area contributed by atoms with Crippen LogP contribution in [0.1, 0.15) is 12.5 Å². The number of thiol groups is 1. The summed E-state index contributed by atoms with van der Waals surface area (Å²) in [7, 11) is 0. The number of benzene rings is 1. The van der Waals surface area contributed by atoms with Gasteiger partial charge in [-0.2, -0.15) is 0 Å². The summed E-state index contributed by atoms with van der Waals surface area (Å²) in [4.78, 5) is 24.7. The predicted octanol–water partition coefficient (Wildman–Crippen LogP) is 1.82. The van der Waals surface area contributed by atoms with Crippen LogP contribution in [0.15, 0.2) is 30.3 Å². The number of carbonyl (C=O) groups excluding carboxylic acids is 2. The van der Waals surface area contributed by atoms with E-state index < -0.39 is 18.2 Å². The van der Waals surface area contributed by atoms with E-state index in [0.717, 1.165) is 10.5 Å². The zero-order valence-corrected chi connectivity index (χ0v) is 10.2. The molecule has 1 unspecified atom stereocenters. The number of nitrogens with zero attached hydrogens (tertiary/aromatic N) is 2. The van der Waals surface area contributed by atoms with Crippen molar-refractivity contribution in [2.24, 2.45) is 0 Å². The molecule has 90 valence electrons. The third-order valence-electron chi connectivity index (χ3n) is 2.55. The van der Waals surface area contributed by atoms with Crippen molar-refractivity contribution >= 4 is 24.9 Å². The zero-order valence-electron chi connectivity index (χ0n) is 9.33. The maximum Gasteiger partial charge on any atom is 0.340 e. The maximum absolute atomic E-state index is 11.9. The molecule has 2 rings (SSSR count). The minimum atomic E-state index is -0.409. The molecule has 4 amide bonds. The lowest BCUT2D eigenvalue weighted by Gasteiger charge is -2.36. The van der Waals surface area contributed by atoms with Gasteiger partial charge < -0.3 is 5.32 Å². The fraction of sp³-hybridized carbons (Fsp3) is 0.273. The molecule has 0 spiro atoms. The first-order valence-corrected chi connectivity index (χ1v) is 5.63. The quantitative estimate of drug-likeness (QED) is 0.788. The molecule has 1 aromatic rings. The van der Waals surface area contributed by atoms with Crippen molar-refractivity contribution in [2.45, 2.75) is 19.6 Å². The Morgan fingerprint density at radius 2 is 1.94 bits per heavy atom. The van der Waals surface area contributed by atoms with Crippen molar-refractivity contribution in [2.75, 3.05) is 0 Å². The fourth-order valence-electron chi connectivity index (χ4n) is 1.60. The standard InChI is InChI=1S/C11H13N3O2S/c1-8-12-10(15)13(11(16)14(8)17)7-9-5-3-2-4-6-9/h2-6,8,17H,7H2,1H3,(H,12,15). The molecule has 1 heterocycles. The molecule has 1 atom stereocenters. The number of imide groups is 1. The van der Waals surface area contributed by atoms with Crippen LogP contribution in [-0.2, 0) is 6.54 Å². The lowest BCUT2D eigenvalue weighted by molar-refractivity contribution is 0.142. The van der Waals surface area contributed by atoms with Crippen LogP contribution in [0, 0.1) is 0 Å². The Hall–Kier alpha value is -1.69.